The van der Waals surface area contributed by atoms with Crippen molar-refractivity contribution in [3.05, 3.63) is 0 Å². The molecule has 21 heavy (non-hydrogen) atoms. The fourth-order valence-electron chi connectivity index (χ4n) is 4.59. The third kappa shape index (κ3) is 1.97. The number of nitrogens with zero attached hydrogens (tertiary/aromatic N) is 1. The SMILES string of the molecule is CC1CN(C(=O)C2(N)C3CCCOC3C2(C)C)CCC1O. The van der Waals surface area contributed by atoms with Crippen LogP contribution in [-0.2, 0) is 9.53 Å². The Kier molecular flexibility index (Phi) is 3.58. The lowest BCUT2D eigenvalue weighted by Gasteiger charge is -2.66. The molecule has 0 bridgehead atoms. The molecule has 1 aliphatic carbocycles. The second kappa shape index (κ2) is 4.93. The van der Waals surface area contributed by atoms with Crippen LogP contribution in [-0.4, -0.2) is 53.4 Å². The molecule has 3 rings (SSSR count). The molecule has 5 unspecified atom stereocenters. The van der Waals surface area contributed by atoms with Crippen molar-refractivity contribution < 1.29 is 14.6 Å². The highest BCUT2D eigenvalue weighted by molar-refractivity contribution is 5.89. The Labute approximate surface area is 126 Å². The lowest BCUT2D eigenvalue weighted by atomic mass is 9.46. The minimum atomic E-state index is -0.819. The molecule has 5 nitrogen and oxygen atoms in total. The van der Waals surface area contributed by atoms with Gasteiger partial charge in [-0.25, -0.2) is 0 Å². The summed E-state index contributed by atoms with van der Waals surface area (Å²) >= 11 is 0. The molecule has 3 fully saturated rings. The van der Waals surface area contributed by atoms with Crippen LogP contribution in [0.25, 0.3) is 0 Å². The number of piperidine rings is 1. The fourth-order valence-corrected chi connectivity index (χ4v) is 4.59. The average Bonchev–Trinajstić information content (AvgIpc) is 2.48. The lowest BCUT2D eigenvalue weighted by Crippen LogP contribution is -2.82. The van der Waals surface area contributed by atoms with Crippen molar-refractivity contribution in [1.29, 1.82) is 0 Å². The molecule has 3 N–H and O–H groups in total. The Hall–Kier alpha value is -0.650. The first-order chi connectivity index (χ1) is 9.80. The number of likely N-dealkylation sites (tertiary alicyclic amines) is 1. The summed E-state index contributed by atoms with van der Waals surface area (Å²) in [5.74, 6) is 0.307. The van der Waals surface area contributed by atoms with E-state index in [1.54, 1.807) is 0 Å². The molecule has 1 amide bonds. The Morgan fingerprint density at radius 2 is 2.10 bits per heavy atom. The maximum atomic E-state index is 13.1. The van der Waals surface area contributed by atoms with E-state index in [1.165, 1.54) is 0 Å². The van der Waals surface area contributed by atoms with Crippen LogP contribution >= 0.6 is 0 Å². The maximum absolute atomic E-state index is 13.1. The monoisotopic (exact) mass is 296 g/mol. The van der Waals surface area contributed by atoms with Crippen molar-refractivity contribution in [2.24, 2.45) is 23.0 Å². The van der Waals surface area contributed by atoms with E-state index in [0.29, 0.717) is 19.5 Å². The van der Waals surface area contributed by atoms with Crippen molar-refractivity contribution in [3.63, 3.8) is 0 Å². The summed E-state index contributed by atoms with van der Waals surface area (Å²) in [6.45, 7) is 8.09. The van der Waals surface area contributed by atoms with Gasteiger partial charge in [-0.15, -0.1) is 0 Å². The lowest BCUT2D eigenvalue weighted by molar-refractivity contribution is -0.231. The number of aliphatic hydroxyl groups excluding tert-OH is 1. The van der Waals surface area contributed by atoms with Crippen molar-refractivity contribution in [2.75, 3.05) is 19.7 Å². The smallest absolute Gasteiger partial charge is 0.243 e. The molecule has 0 radical (unpaired) electrons. The van der Waals surface area contributed by atoms with Crippen LogP contribution in [0.4, 0.5) is 0 Å². The Morgan fingerprint density at radius 1 is 1.38 bits per heavy atom. The molecular formula is C16H28N2O3. The van der Waals surface area contributed by atoms with E-state index < -0.39 is 5.54 Å². The summed E-state index contributed by atoms with van der Waals surface area (Å²) in [6.07, 6.45) is 2.41. The molecule has 0 aromatic rings. The quantitative estimate of drug-likeness (QED) is 0.748. The maximum Gasteiger partial charge on any atom is 0.243 e. The molecule has 2 aliphatic heterocycles. The highest BCUT2D eigenvalue weighted by Gasteiger charge is 2.70. The molecule has 1 saturated carbocycles. The molecule has 0 spiro atoms. The molecule has 3 aliphatic rings. The Morgan fingerprint density at radius 3 is 2.76 bits per heavy atom. The molecule has 2 saturated heterocycles. The minimum Gasteiger partial charge on any atom is -0.393 e. The van der Waals surface area contributed by atoms with Gasteiger partial charge in [-0.2, -0.15) is 0 Å². The fraction of sp³-hybridized carbons (Fsp3) is 0.938. The number of rotatable bonds is 1. The number of fused-ring (bicyclic) bond motifs is 1. The Balaban J connectivity index is 1.80. The van der Waals surface area contributed by atoms with Gasteiger partial charge in [0.1, 0.15) is 5.54 Å². The van der Waals surface area contributed by atoms with E-state index in [1.807, 2.05) is 11.8 Å². The van der Waals surface area contributed by atoms with Crippen LogP contribution in [0.5, 0.6) is 0 Å². The number of aliphatic hydroxyl groups is 1. The third-order valence-electron chi connectivity index (χ3n) is 6.19. The van der Waals surface area contributed by atoms with E-state index in [2.05, 4.69) is 13.8 Å². The molecule has 120 valence electrons. The Bertz CT molecular complexity index is 439. The number of carbonyl (C=O) groups excluding carboxylic acids is 1. The van der Waals surface area contributed by atoms with Crippen molar-refractivity contribution >= 4 is 5.91 Å². The van der Waals surface area contributed by atoms with E-state index in [9.17, 15) is 9.90 Å². The van der Waals surface area contributed by atoms with Crippen LogP contribution in [0.3, 0.4) is 0 Å². The van der Waals surface area contributed by atoms with E-state index in [4.69, 9.17) is 10.5 Å². The zero-order valence-electron chi connectivity index (χ0n) is 13.3. The topological polar surface area (TPSA) is 75.8 Å². The number of amides is 1. The van der Waals surface area contributed by atoms with Gasteiger partial charge in [0.15, 0.2) is 0 Å². The van der Waals surface area contributed by atoms with E-state index >= 15 is 0 Å². The van der Waals surface area contributed by atoms with Gasteiger partial charge in [0.2, 0.25) is 5.91 Å². The highest BCUT2D eigenvalue weighted by atomic mass is 16.5. The van der Waals surface area contributed by atoms with E-state index in [0.717, 1.165) is 19.4 Å². The van der Waals surface area contributed by atoms with Gasteiger partial charge >= 0.3 is 0 Å². The molecule has 2 heterocycles. The molecule has 5 atom stereocenters. The van der Waals surface area contributed by atoms with Gasteiger partial charge in [-0.3, -0.25) is 4.79 Å². The minimum absolute atomic E-state index is 0.0537. The summed E-state index contributed by atoms with van der Waals surface area (Å²) in [4.78, 5) is 15.0. The number of nitrogens with two attached hydrogens (primary N) is 1. The number of hydrogen-bond donors (Lipinski definition) is 2. The number of hydrogen-bond acceptors (Lipinski definition) is 4. The standard InChI is InChI=1S/C16H28N2O3/c1-10-9-18(7-6-12(10)19)14(20)16(17)11-5-4-8-21-13(11)15(16,2)3/h10-13,19H,4-9,17H2,1-3H3. The van der Waals surface area contributed by atoms with E-state index in [-0.39, 0.29) is 35.4 Å². The highest BCUT2D eigenvalue weighted by Crippen LogP contribution is 2.58. The zero-order chi connectivity index (χ0) is 15.4. The molecule has 0 aromatic carbocycles. The van der Waals surface area contributed by atoms with Crippen LogP contribution in [0, 0.1) is 17.3 Å². The van der Waals surface area contributed by atoms with Crippen LogP contribution < -0.4 is 5.73 Å². The predicted octanol–water partition coefficient (Wildman–Crippen LogP) is 0.748. The van der Waals surface area contributed by atoms with Gasteiger partial charge in [0, 0.05) is 31.0 Å². The number of carbonyl (C=O) groups is 1. The predicted molar refractivity (Wildman–Crippen MR) is 79.5 cm³/mol. The second-order valence-electron chi connectivity index (χ2n) is 7.72. The van der Waals surface area contributed by atoms with Gasteiger partial charge < -0.3 is 20.5 Å². The first-order valence-electron chi connectivity index (χ1n) is 8.18. The summed E-state index contributed by atoms with van der Waals surface area (Å²) in [7, 11) is 0. The van der Waals surface area contributed by atoms with Crippen LogP contribution in [0.1, 0.15) is 40.0 Å². The summed E-state index contributed by atoms with van der Waals surface area (Å²) < 4.78 is 5.87. The number of ether oxygens (including phenoxy) is 1. The zero-order valence-corrected chi connectivity index (χ0v) is 13.3. The average molecular weight is 296 g/mol. The summed E-state index contributed by atoms with van der Waals surface area (Å²) in [5, 5.41) is 9.85. The molecule has 0 aromatic heterocycles. The van der Waals surface area contributed by atoms with Gasteiger partial charge in [-0.05, 0) is 25.2 Å². The van der Waals surface area contributed by atoms with Gasteiger partial charge in [-0.1, -0.05) is 20.8 Å². The first kappa shape index (κ1) is 15.3. The van der Waals surface area contributed by atoms with Crippen LogP contribution in [0.2, 0.25) is 0 Å². The van der Waals surface area contributed by atoms with Gasteiger partial charge in [0.25, 0.3) is 0 Å². The second-order valence-corrected chi connectivity index (χ2v) is 7.72. The summed E-state index contributed by atoms with van der Waals surface area (Å²) in [5.41, 5.74) is 5.51. The van der Waals surface area contributed by atoms with Crippen molar-refractivity contribution in [2.45, 2.75) is 57.8 Å². The third-order valence-corrected chi connectivity index (χ3v) is 6.19. The normalized spacial score (nSPS) is 45.7. The van der Waals surface area contributed by atoms with Crippen LogP contribution in [0.15, 0.2) is 0 Å². The van der Waals surface area contributed by atoms with Gasteiger partial charge in [0.05, 0.1) is 12.2 Å². The summed E-state index contributed by atoms with van der Waals surface area (Å²) in [6, 6.07) is 0. The molecule has 5 heteroatoms. The van der Waals surface area contributed by atoms with Crippen molar-refractivity contribution in [1.82, 2.24) is 4.90 Å². The largest absolute Gasteiger partial charge is 0.393 e. The molecular weight excluding hydrogens is 268 g/mol. The van der Waals surface area contributed by atoms with Crippen molar-refractivity contribution in [3.8, 4) is 0 Å². The first-order valence-corrected chi connectivity index (χ1v) is 8.18.